The lowest BCUT2D eigenvalue weighted by Gasteiger charge is -2.51. The molecule has 16 rings (SSSR count). The highest BCUT2D eigenvalue weighted by molar-refractivity contribution is 6.99. The number of fused-ring (bicyclic) bond motifs is 11. The minimum absolute atomic E-state index is 0.0918. The smallest absolute Gasteiger partial charge is 0.242 e. The van der Waals surface area contributed by atoms with Crippen molar-refractivity contribution in [2.45, 2.75) is 74.7 Å². The van der Waals surface area contributed by atoms with Gasteiger partial charge in [-0.2, -0.15) is 0 Å². The normalized spacial score (nSPS) is 12.8. The van der Waals surface area contributed by atoms with E-state index < -0.39 is 5.41 Å². The summed E-state index contributed by atoms with van der Waals surface area (Å²) in [6.45, 7) is 22.9. The van der Waals surface area contributed by atoms with Crippen LogP contribution in [0.3, 0.4) is 0 Å². The zero-order chi connectivity index (χ0) is 64.3. The minimum atomic E-state index is -0.981. The van der Waals surface area contributed by atoms with Crippen LogP contribution >= 0.6 is 0 Å². The van der Waals surface area contributed by atoms with Gasteiger partial charge in [0.1, 0.15) is 11.2 Å². The van der Waals surface area contributed by atoms with E-state index in [2.05, 4.69) is 341 Å². The van der Waals surface area contributed by atoms with Gasteiger partial charge in [-0.25, -0.2) is 0 Å². The number of anilines is 3. The van der Waals surface area contributed by atoms with E-state index in [0.29, 0.717) is 0 Å². The molecule has 94 heavy (non-hydrogen) atoms. The SMILES string of the molecule is Cc1cccc(C)c1B1c2ccc(B(c3c(C)cccc3C)c3c(C)cccc3C)cc2C2(c3cc(B(c4c(C)cccc4C)c4c(C)cccc4C)ccc31)c1cc(-c3ccccc3)ccc1N(c1cccc3oc4ccccc4c13)c1ccc(-c3ccccc3)cc12. The molecule has 0 radical (unpaired) electrons. The van der Waals surface area contributed by atoms with Gasteiger partial charge in [0.05, 0.1) is 27.9 Å². The number of nitrogens with zero attached hydrogens (tertiary/aromatic N) is 1. The number of hydrogen-bond acceptors (Lipinski definition) is 2. The van der Waals surface area contributed by atoms with E-state index in [-0.39, 0.29) is 20.1 Å². The Morgan fingerprint density at radius 2 is 0.670 bits per heavy atom. The van der Waals surface area contributed by atoms with Crippen molar-refractivity contribution >= 4 is 108 Å². The number of rotatable bonds is 10. The average molecular weight is 1210 g/mol. The lowest BCUT2D eigenvalue weighted by atomic mass is 9.27. The fraction of sp³-hybridized carbons (Fsp3) is 0.124. The Balaban J connectivity index is 1.15. The Morgan fingerprint density at radius 3 is 1.10 bits per heavy atom. The first-order valence-corrected chi connectivity index (χ1v) is 33.5. The van der Waals surface area contributed by atoms with Gasteiger partial charge in [-0.15, -0.1) is 0 Å². The standard InChI is InChI=1S/C89H74B3NO/c1-55-25-19-26-56(2)84(55)90(85-57(3)27-20-28-58(85)4)69-45-47-76-72(53-69)89(73-54-70(46-48-77(73)92(76)88-63(9)33-23-34-64(88)10)91(86-59(5)29-21-30-60(86)6)87-61(7)31-22-32-62(87)8)74-51-67(65-35-13-11-14-36-65)43-49-78(74)93(79-50-44-68(52-75(79)89)66-37-15-12-16-38-66)80-40-24-42-82-83(80)71-39-17-18-41-81(71)94-82/h11-54H,1-10H3. The molecule has 450 valence electrons. The zero-order valence-electron chi connectivity index (χ0n) is 55.5. The largest absolute Gasteiger partial charge is 0.456 e. The number of benzene rings is 13. The summed E-state index contributed by atoms with van der Waals surface area (Å²) in [4.78, 5) is 2.60. The molecule has 0 bridgehead atoms. The van der Waals surface area contributed by atoms with Crippen LogP contribution in [0, 0.1) is 69.2 Å². The van der Waals surface area contributed by atoms with Crippen molar-refractivity contribution in [1.82, 2.24) is 0 Å². The van der Waals surface area contributed by atoms with Gasteiger partial charge in [-0.3, -0.25) is 0 Å². The summed E-state index contributed by atoms with van der Waals surface area (Å²) < 4.78 is 6.85. The van der Waals surface area contributed by atoms with E-state index in [9.17, 15) is 0 Å². The van der Waals surface area contributed by atoms with Crippen LogP contribution in [-0.2, 0) is 5.41 Å². The van der Waals surface area contributed by atoms with E-state index in [0.717, 1.165) is 50.1 Å². The van der Waals surface area contributed by atoms with Gasteiger partial charge in [0.25, 0.3) is 0 Å². The van der Waals surface area contributed by atoms with Crippen molar-refractivity contribution in [2.24, 2.45) is 0 Å². The molecule has 1 spiro atoms. The molecule has 14 aromatic rings. The number of furan rings is 1. The first-order valence-electron chi connectivity index (χ1n) is 33.5. The van der Waals surface area contributed by atoms with Gasteiger partial charge in [-0.05, 0) is 156 Å². The quantitative estimate of drug-likeness (QED) is 0.127. The van der Waals surface area contributed by atoms with Crippen LogP contribution in [0.2, 0.25) is 0 Å². The number of aryl methyl sites for hydroxylation is 10. The van der Waals surface area contributed by atoms with Crippen molar-refractivity contribution in [3.63, 3.8) is 0 Å². The summed E-state index contributed by atoms with van der Waals surface area (Å²) in [5, 5.41) is 2.18. The molecule has 3 heterocycles. The predicted molar refractivity (Wildman–Crippen MR) is 405 cm³/mol. The molecule has 2 aliphatic heterocycles. The van der Waals surface area contributed by atoms with E-state index >= 15 is 0 Å². The molecule has 13 aromatic carbocycles. The molecule has 0 fully saturated rings. The molecule has 0 aliphatic carbocycles. The van der Waals surface area contributed by atoms with Gasteiger partial charge in [0, 0.05) is 5.39 Å². The van der Waals surface area contributed by atoms with Crippen LogP contribution in [0.5, 0.6) is 0 Å². The van der Waals surface area contributed by atoms with Crippen molar-refractivity contribution in [2.75, 3.05) is 4.90 Å². The first kappa shape index (κ1) is 58.7. The Morgan fingerprint density at radius 1 is 0.298 bits per heavy atom. The molecule has 5 heteroatoms. The Labute approximate surface area is 555 Å². The number of para-hydroxylation sites is 1. The van der Waals surface area contributed by atoms with Gasteiger partial charge in [-0.1, -0.05) is 329 Å². The fourth-order valence-corrected chi connectivity index (χ4v) is 17.4. The molecule has 0 amide bonds. The van der Waals surface area contributed by atoms with Crippen LogP contribution in [0.25, 0.3) is 44.2 Å². The van der Waals surface area contributed by atoms with Crippen LogP contribution in [0.15, 0.2) is 271 Å². The molecule has 0 unspecified atom stereocenters. The molecular formula is C89H74B3NO. The third-order valence-electron chi connectivity index (χ3n) is 21.5. The lowest BCUT2D eigenvalue weighted by molar-refractivity contribution is 0.669. The third-order valence-corrected chi connectivity index (χ3v) is 21.5. The third kappa shape index (κ3) is 9.17. The van der Waals surface area contributed by atoms with Gasteiger partial charge >= 0.3 is 0 Å². The maximum atomic E-state index is 6.85. The monoisotopic (exact) mass is 1210 g/mol. The van der Waals surface area contributed by atoms with Crippen LogP contribution in [0.1, 0.15) is 77.9 Å². The molecular weight excluding hydrogens is 1130 g/mol. The second kappa shape index (κ2) is 23.0. The maximum absolute atomic E-state index is 6.85. The van der Waals surface area contributed by atoms with Gasteiger partial charge < -0.3 is 9.32 Å². The lowest BCUT2D eigenvalue weighted by Crippen LogP contribution is -2.65. The fourth-order valence-electron chi connectivity index (χ4n) is 17.4. The van der Waals surface area contributed by atoms with Crippen molar-refractivity contribution in [3.8, 4) is 22.3 Å². The summed E-state index contributed by atoms with van der Waals surface area (Å²) in [6.07, 6.45) is 0. The van der Waals surface area contributed by atoms with E-state index in [4.69, 9.17) is 4.42 Å². The minimum Gasteiger partial charge on any atom is -0.456 e. The summed E-state index contributed by atoms with van der Waals surface area (Å²) in [6, 6.07) is 102. The summed E-state index contributed by atoms with van der Waals surface area (Å²) in [5.41, 5.74) is 38.6. The molecule has 2 aliphatic rings. The molecule has 0 atom stereocenters. The van der Waals surface area contributed by atoms with Crippen molar-refractivity contribution < 1.29 is 4.42 Å². The van der Waals surface area contributed by atoms with Crippen molar-refractivity contribution in [3.05, 3.63) is 345 Å². The van der Waals surface area contributed by atoms with E-state index in [1.54, 1.807) is 0 Å². The average Bonchev–Trinajstić information content (AvgIpc) is 0.673. The second-order valence-electron chi connectivity index (χ2n) is 27.0. The summed E-state index contributed by atoms with van der Waals surface area (Å²) >= 11 is 0. The Hall–Kier alpha value is -10.3. The van der Waals surface area contributed by atoms with Crippen molar-refractivity contribution in [1.29, 1.82) is 0 Å². The summed E-state index contributed by atoms with van der Waals surface area (Å²) in [5.74, 6) is 0. The molecule has 0 saturated heterocycles. The molecule has 1 aromatic heterocycles. The molecule has 0 saturated carbocycles. The highest BCUT2D eigenvalue weighted by Gasteiger charge is 2.54. The van der Waals surface area contributed by atoms with Gasteiger partial charge in [0.15, 0.2) is 0 Å². The van der Waals surface area contributed by atoms with Crippen LogP contribution in [0.4, 0.5) is 17.1 Å². The second-order valence-corrected chi connectivity index (χ2v) is 27.0. The molecule has 0 N–H and O–H groups in total. The Kier molecular flexibility index (Phi) is 14.4. The predicted octanol–water partition coefficient (Wildman–Crippen LogP) is 16.0. The maximum Gasteiger partial charge on any atom is 0.242 e. The highest BCUT2D eigenvalue weighted by atomic mass is 16.3. The first-order chi connectivity index (χ1) is 45.8. The van der Waals surface area contributed by atoms with E-state index in [1.807, 2.05) is 0 Å². The van der Waals surface area contributed by atoms with E-state index in [1.165, 1.54) is 138 Å². The van der Waals surface area contributed by atoms with Gasteiger partial charge in [0.2, 0.25) is 20.1 Å². The zero-order valence-corrected chi connectivity index (χ0v) is 55.5. The van der Waals surface area contributed by atoms with Crippen LogP contribution < -0.4 is 54.1 Å². The topological polar surface area (TPSA) is 16.4 Å². The summed E-state index contributed by atoms with van der Waals surface area (Å²) in [7, 11) is 0. The van der Waals surface area contributed by atoms with Crippen LogP contribution in [-0.4, -0.2) is 20.1 Å². The Bertz CT molecular complexity index is 4910. The number of hydrogen-bond donors (Lipinski definition) is 0. The molecule has 2 nitrogen and oxygen atoms in total. The highest BCUT2D eigenvalue weighted by Crippen LogP contribution is 2.60.